The number of carboxylic acid groups (broad SMARTS) is 2. The van der Waals surface area contributed by atoms with Crippen LogP contribution >= 0.6 is 0 Å². The SMILES string of the molecule is Nc1cc(C(CC(=O)O)C(=O)O)cc(S(=O)(=O)O)c1. The molecule has 0 bridgehead atoms. The summed E-state index contributed by atoms with van der Waals surface area (Å²) in [6.45, 7) is 0. The minimum Gasteiger partial charge on any atom is -0.481 e. The summed E-state index contributed by atoms with van der Waals surface area (Å²) in [6, 6.07) is 2.97. The fraction of sp³-hybridized carbons (Fsp3) is 0.200. The van der Waals surface area contributed by atoms with Gasteiger partial charge in [-0.15, -0.1) is 0 Å². The summed E-state index contributed by atoms with van der Waals surface area (Å²) in [5.74, 6) is -4.25. The van der Waals surface area contributed by atoms with Crippen molar-refractivity contribution >= 4 is 27.7 Å². The van der Waals surface area contributed by atoms with Gasteiger partial charge in [0.1, 0.15) is 0 Å². The summed E-state index contributed by atoms with van der Waals surface area (Å²) >= 11 is 0. The molecule has 1 atom stereocenters. The predicted octanol–water partition coefficient (Wildman–Crippen LogP) is 0.158. The first-order valence-corrected chi connectivity index (χ1v) is 6.38. The second-order valence-electron chi connectivity index (χ2n) is 3.80. The van der Waals surface area contributed by atoms with Crippen molar-refractivity contribution in [3.05, 3.63) is 23.8 Å². The first kappa shape index (κ1) is 14.9. The summed E-state index contributed by atoms with van der Waals surface area (Å²) in [5, 5.41) is 17.6. The number of hydrogen-bond acceptors (Lipinski definition) is 5. The van der Waals surface area contributed by atoms with Crippen molar-refractivity contribution in [2.45, 2.75) is 17.2 Å². The van der Waals surface area contributed by atoms with Gasteiger partial charge in [0.15, 0.2) is 0 Å². The molecule has 0 aromatic heterocycles. The lowest BCUT2D eigenvalue weighted by Crippen LogP contribution is -2.16. The summed E-state index contributed by atoms with van der Waals surface area (Å²) in [4.78, 5) is 21.0. The second kappa shape index (κ2) is 5.24. The number of carbonyl (C=O) groups is 2. The van der Waals surface area contributed by atoms with Crippen molar-refractivity contribution in [3.63, 3.8) is 0 Å². The molecule has 1 unspecified atom stereocenters. The highest BCUT2D eigenvalue weighted by Crippen LogP contribution is 2.25. The molecule has 0 fully saturated rings. The summed E-state index contributed by atoms with van der Waals surface area (Å²) in [6.07, 6.45) is -0.732. The molecule has 0 amide bonds. The van der Waals surface area contributed by atoms with E-state index in [9.17, 15) is 18.0 Å². The van der Waals surface area contributed by atoms with Crippen molar-refractivity contribution < 1.29 is 32.8 Å². The van der Waals surface area contributed by atoms with E-state index in [1.165, 1.54) is 0 Å². The van der Waals surface area contributed by atoms with Gasteiger partial charge in [0.05, 0.1) is 17.2 Å². The zero-order valence-electron chi connectivity index (χ0n) is 9.48. The lowest BCUT2D eigenvalue weighted by Gasteiger charge is -2.12. The smallest absolute Gasteiger partial charge is 0.311 e. The van der Waals surface area contributed by atoms with Gasteiger partial charge < -0.3 is 15.9 Å². The molecule has 0 saturated carbocycles. The van der Waals surface area contributed by atoms with E-state index in [1.807, 2.05) is 0 Å². The molecule has 0 saturated heterocycles. The number of hydrogen-bond donors (Lipinski definition) is 4. The molecule has 8 nitrogen and oxygen atoms in total. The average Bonchev–Trinajstić information content (AvgIpc) is 2.23. The molecule has 104 valence electrons. The van der Waals surface area contributed by atoms with Gasteiger partial charge in [0.25, 0.3) is 10.1 Å². The fourth-order valence-electron chi connectivity index (χ4n) is 1.52. The second-order valence-corrected chi connectivity index (χ2v) is 5.22. The molecule has 0 radical (unpaired) electrons. The third-order valence-corrected chi connectivity index (χ3v) is 3.16. The first-order valence-electron chi connectivity index (χ1n) is 4.94. The molecule has 0 aliphatic carbocycles. The van der Waals surface area contributed by atoms with E-state index in [0.29, 0.717) is 0 Å². The van der Waals surface area contributed by atoms with Gasteiger partial charge in [-0.1, -0.05) is 0 Å². The van der Waals surface area contributed by atoms with Crippen LogP contribution in [0.5, 0.6) is 0 Å². The Kier molecular flexibility index (Phi) is 4.12. The van der Waals surface area contributed by atoms with Crippen LogP contribution in [-0.2, 0) is 19.7 Å². The monoisotopic (exact) mass is 289 g/mol. The third kappa shape index (κ3) is 3.93. The van der Waals surface area contributed by atoms with E-state index in [4.69, 9.17) is 20.5 Å². The highest BCUT2D eigenvalue weighted by molar-refractivity contribution is 7.85. The maximum Gasteiger partial charge on any atom is 0.311 e. The van der Waals surface area contributed by atoms with Crippen LogP contribution in [0.25, 0.3) is 0 Å². The molecule has 9 heteroatoms. The van der Waals surface area contributed by atoms with Crippen LogP contribution in [0.3, 0.4) is 0 Å². The van der Waals surface area contributed by atoms with Crippen molar-refractivity contribution in [2.24, 2.45) is 0 Å². The number of carboxylic acids is 2. The van der Waals surface area contributed by atoms with Gasteiger partial charge in [0.2, 0.25) is 0 Å². The Morgan fingerprint density at radius 1 is 1.21 bits per heavy atom. The number of benzene rings is 1. The Morgan fingerprint density at radius 2 is 1.79 bits per heavy atom. The lowest BCUT2D eigenvalue weighted by molar-refractivity contribution is -0.145. The number of rotatable bonds is 5. The lowest BCUT2D eigenvalue weighted by atomic mass is 9.95. The number of nitrogen functional groups attached to an aromatic ring is 1. The Morgan fingerprint density at radius 3 is 2.21 bits per heavy atom. The molecule has 0 aliphatic rings. The minimum absolute atomic E-state index is 0.0956. The van der Waals surface area contributed by atoms with Gasteiger partial charge >= 0.3 is 11.9 Å². The molecule has 0 spiro atoms. The van der Waals surface area contributed by atoms with Crippen LogP contribution in [0.1, 0.15) is 17.9 Å². The highest BCUT2D eigenvalue weighted by Gasteiger charge is 2.25. The van der Waals surface area contributed by atoms with Gasteiger partial charge in [0, 0.05) is 5.69 Å². The van der Waals surface area contributed by atoms with E-state index in [0.717, 1.165) is 18.2 Å². The summed E-state index contributed by atoms with van der Waals surface area (Å²) in [7, 11) is -4.56. The van der Waals surface area contributed by atoms with Gasteiger partial charge in [-0.3, -0.25) is 14.1 Å². The fourth-order valence-corrected chi connectivity index (χ4v) is 2.09. The van der Waals surface area contributed by atoms with Crippen molar-refractivity contribution in [3.8, 4) is 0 Å². The molecule has 0 heterocycles. The van der Waals surface area contributed by atoms with Crippen molar-refractivity contribution in [1.82, 2.24) is 0 Å². The van der Waals surface area contributed by atoms with E-state index in [2.05, 4.69) is 0 Å². The van der Waals surface area contributed by atoms with Crippen LogP contribution in [0, 0.1) is 0 Å². The molecule has 5 N–H and O–H groups in total. The molecule has 1 aromatic carbocycles. The van der Waals surface area contributed by atoms with Crippen molar-refractivity contribution in [1.29, 1.82) is 0 Å². The predicted molar refractivity (Wildman–Crippen MR) is 63.3 cm³/mol. The van der Waals surface area contributed by atoms with E-state index < -0.39 is 39.3 Å². The van der Waals surface area contributed by atoms with E-state index in [-0.39, 0.29) is 11.3 Å². The zero-order valence-corrected chi connectivity index (χ0v) is 10.3. The zero-order chi connectivity index (χ0) is 14.8. The summed E-state index contributed by atoms with van der Waals surface area (Å²) in [5.41, 5.74) is 5.20. The number of aliphatic carboxylic acids is 2. The summed E-state index contributed by atoms with van der Waals surface area (Å²) < 4.78 is 30.9. The van der Waals surface area contributed by atoms with Gasteiger partial charge in [-0.2, -0.15) is 8.42 Å². The average molecular weight is 289 g/mol. The number of anilines is 1. The van der Waals surface area contributed by atoms with Crippen LogP contribution in [-0.4, -0.2) is 35.1 Å². The first-order chi connectivity index (χ1) is 8.61. The quantitative estimate of drug-likeness (QED) is 0.441. The van der Waals surface area contributed by atoms with Crippen LogP contribution in [0.15, 0.2) is 23.1 Å². The van der Waals surface area contributed by atoms with Gasteiger partial charge in [-0.05, 0) is 23.8 Å². The molecular formula is C10H11NO7S. The molecule has 19 heavy (non-hydrogen) atoms. The van der Waals surface area contributed by atoms with Crippen LogP contribution < -0.4 is 5.73 Å². The molecule has 1 aromatic rings. The molecular weight excluding hydrogens is 278 g/mol. The van der Waals surface area contributed by atoms with E-state index >= 15 is 0 Å². The standard InChI is InChI=1S/C10H11NO7S/c11-6-1-5(2-7(3-6)19(16,17)18)8(10(14)15)4-9(12)13/h1-3,8H,4,11H2,(H,12,13)(H,14,15)(H,16,17,18). The Hall–Kier alpha value is -2.13. The maximum atomic E-state index is 11.0. The highest BCUT2D eigenvalue weighted by atomic mass is 32.2. The van der Waals surface area contributed by atoms with Crippen LogP contribution in [0.4, 0.5) is 5.69 Å². The topological polar surface area (TPSA) is 155 Å². The van der Waals surface area contributed by atoms with Crippen molar-refractivity contribution in [2.75, 3.05) is 5.73 Å². The van der Waals surface area contributed by atoms with Crippen LogP contribution in [0.2, 0.25) is 0 Å². The maximum absolute atomic E-state index is 11.0. The molecule has 0 aliphatic heterocycles. The Labute approximate surface area is 108 Å². The van der Waals surface area contributed by atoms with Gasteiger partial charge in [-0.25, -0.2) is 0 Å². The molecule has 1 rings (SSSR count). The minimum atomic E-state index is -4.56. The normalized spacial score (nSPS) is 12.9. The van der Waals surface area contributed by atoms with E-state index in [1.54, 1.807) is 0 Å². The Balaban J connectivity index is 3.36. The number of nitrogens with two attached hydrogens (primary N) is 1. The third-order valence-electron chi connectivity index (χ3n) is 2.33. The Bertz CT molecular complexity index is 623. The largest absolute Gasteiger partial charge is 0.481 e.